The highest BCUT2D eigenvalue weighted by Gasteiger charge is 2.27. The number of hydrogen-bond donors (Lipinski definition) is 1. The first kappa shape index (κ1) is 11.5. The Balaban J connectivity index is 2.59. The third-order valence-corrected chi connectivity index (χ3v) is 3.34. The van der Waals surface area contributed by atoms with Gasteiger partial charge in [-0.15, -0.1) is 6.58 Å². The van der Waals surface area contributed by atoms with Gasteiger partial charge in [0, 0.05) is 5.92 Å². The van der Waals surface area contributed by atoms with Gasteiger partial charge in [-0.3, -0.25) is 0 Å². The van der Waals surface area contributed by atoms with E-state index in [0.717, 1.165) is 5.57 Å². The van der Waals surface area contributed by atoms with Crippen LogP contribution in [0.1, 0.15) is 39.0 Å². The van der Waals surface area contributed by atoms with Gasteiger partial charge in [-0.2, -0.15) is 0 Å². The molecule has 0 aliphatic heterocycles. The van der Waals surface area contributed by atoms with Crippen molar-refractivity contribution in [1.82, 2.24) is 0 Å². The quantitative estimate of drug-likeness (QED) is 0.681. The summed E-state index contributed by atoms with van der Waals surface area (Å²) in [6, 6.07) is 0. The highest BCUT2D eigenvalue weighted by atomic mass is 16.3. The maximum atomic E-state index is 9.97. The van der Waals surface area contributed by atoms with Crippen molar-refractivity contribution >= 4 is 0 Å². The van der Waals surface area contributed by atoms with Crippen molar-refractivity contribution in [2.45, 2.75) is 45.1 Å². The first-order chi connectivity index (χ1) is 6.66. The zero-order valence-electron chi connectivity index (χ0n) is 9.21. The summed E-state index contributed by atoms with van der Waals surface area (Å²) in [5.74, 6) is 0.834. The number of aliphatic hydroxyl groups excluding tert-OH is 1. The molecule has 0 unspecified atom stereocenters. The van der Waals surface area contributed by atoms with Crippen molar-refractivity contribution in [3.63, 3.8) is 0 Å². The Kier molecular flexibility index (Phi) is 4.40. The summed E-state index contributed by atoms with van der Waals surface area (Å²) in [6.45, 7) is 9.55. The monoisotopic (exact) mass is 194 g/mol. The van der Waals surface area contributed by atoms with E-state index in [-0.39, 0.29) is 5.92 Å². The van der Waals surface area contributed by atoms with Crippen molar-refractivity contribution in [2.75, 3.05) is 0 Å². The van der Waals surface area contributed by atoms with Gasteiger partial charge >= 0.3 is 0 Å². The fraction of sp³-hybridized carbons (Fsp3) is 0.692. The van der Waals surface area contributed by atoms with Gasteiger partial charge in [0.25, 0.3) is 0 Å². The zero-order chi connectivity index (χ0) is 10.6. The summed E-state index contributed by atoms with van der Waals surface area (Å²) in [7, 11) is 0. The van der Waals surface area contributed by atoms with E-state index < -0.39 is 6.10 Å². The average Bonchev–Trinajstić information content (AvgIpc) is 2.20. The molecule has 0 aromatic heterocycles. The predicted octanol–water partition coefficient (Wildman–Crippen LogP) is 3.31. The fourth-order valence-corrected chi connectivity index (χ4v) is 2.43. The van der Waals surface area contributed by atoms with Crippen LogP contribution in [0.4, 0.5) is 0 Å². The van der Waals surface area contributed by atoms with Gasteiger partial charge in [0.2, 0.25) is 0 Å². The molecule has 0 aromatic carbocycles. The molecule has 1 nitrogen and oxygen atoms in total. The summed E-state index contributed by atoms with van der Waals surface area (Å²) < 4.78 is 0. The van der Waals surface area contributed by atoms with Gasteiger partial charge in [-0.1, -0.05) is 37.5 Å². The Morgan fingerprint density at radius 3 is 2.36 bits per heavy atom. The maximum absolute atomic E-state index is 9.97. The van der Waals surface area contributed by atoms with E-state index in [1.807, 2.05) is 13.0 Å². The van der Waals surface area contributed by atoms with Gasteiger partial charge in [-0.25, -0.2) is 0 Å². The molecule has 1 saturated carbocycles. The van der Waals surface area contributed by atoms with Crippen LogP contribution in [-0.2, 0) is 0 Å². The summed E-state index contributed by atoms with van der Waals surface area (Å²) in [4.78, 5) is 0. The first-order valence-corrected chi connectivity index (χ1v) is 5.63. The highest BCUT2D eigenvalue weighted by molar-refractivity contribution is 5.06. The summed E-state index contributed by atoms with van der Waals surface area (Å²) in [6.07, 6.45) is 7.95. The molecule has 2 atom stereocenters. The van der Waals surface area contributed by atoms with Crippen LogP contribution in [0.5, 0.6) is 0 Å². The highest BCUT2D eigenvalue weighted by Crippen LogP contribution is 2.33. The Hall–Kier alpha value is -0.560. The van der Waals surface area contributed by atoms with Gasteiger partial charge in [0.05, 0.1) is 6.10 Å². The summed E-state index contributed by atoms with van der Waals surface area (Å²) in [5.41, 5.74) is 0.862. The maximum Gasteiger partial charge on any atom is 0.0809 e. The molecule has 1 rings (SSSR count). The molecule has 1 N–H and O–H groups in total. The van der Waals surface area contributed by atoms with Crippen molar-refractivity contribution in [1.29, 1.82) is 0 Å². The molecule has 0 spiro atoms. The van der Waals surface area contributed by atoms with E-state index in [4.69, 9.17) is 0 Å². The second-order valence-electron chi connectivity index (χ2n) is 4.50. The Morgan fingerprint density at radius 1 is 1.36 bits per heavy atom. The average molecular weight is 194 g/mol. The minimum atomic E-state index is -0.393. The van der Waals surface area contributed by atoms with Gasteiger partial charge < -0.3 is 5.11 Å². The number of rotatable bonds is 4. The lowest BCUT2D eigenvalue weighted by atomic mass is 9.76. The van der Waals surface area contributed by atoms with Gasteiger partial charge in [0.1, 0.15) is 0 Å². The first-order valence-electron chi connectivity index (χ1n) is 5.63. The van der Waals surface area contributed by atoms with Gasteiger partial charge in [-0.05, 0) is 25.7 Å². The molecule has 1 heteroatoms. The molecule has 1 aliphatic carbocycles. The Bertz CT molecular complexity index is 201. The normalized spacial score (nSPS) is 22.7. The molecule has 80 valence electrons. The third-order valence-electron chi connectivity index (χ3n) is 3.34. The minimum Gasteiger partial charge on any atom is -0.388 e. The lowest BCUT2D eigenvalue weighted by Gasteiger charge is -2.31. The Morgan fingerprint density at radius 2 is 1.93 bits per heavy atom. The van der Waals surface area contributed by atoms with Crippen molar-refractivity contribution in [3.05, 3.63) is 24.8 Å². The summed E-state index contributed by atoms with van der Waals surface area (Å²) in [5, 5.41) is 9.97. The number of hydrogen-bond acceptors (Lipinski definition) is 1. The van der Waals surface area contributed by atoms with Gasteiger partial charge in [0.15, 0.2) is 0 Å². The molecular weight excluding hydrogens is 172 g/mol. The molecular formula is C13H22O. The van der Waals surface area contributed by atoms with Crippen LogP contribution in [-0.4, -0.2) is 11.2 Å². The minimum absolute atomic E-state index is 0.216. The van der Waals surface area contributed by atoms with Crippen molar-refractivity contribution < 1.29 is 5.11 Å². The zero-order valence-corrected chi connectivity index (χ0v) is 9.21. The van der Waals surface area contributed by atoms with E-state index in [9.17, 15) is 5.11 Å². The molecule has 1 aliphatic rings. The smallest absolute Gasteiger partial charge is 0.0809 e. The second kappa shape index (κ2) is 5.35. The van der Waals surface area contributed by atoms with Crippen LogP contribution in [0.3, 0.4) is 0 Å². The van der Waals surface area contributed by atoms with E-state index in [2.05, 4.69) is 13.2 Å². The van der Waals surface area contributed by atoms with Crippen LogP contribution in [0, 0.1) is 11.8 Å². The lowest BCUT2D eigenvalue weighted by Crippen LogP contribution is -2.28. The molecule has 0 bridgehead atoms. The molecule has 14 heavy (non-hydrogen) atoms. The van der Waals surface area contributed by atoms with E-state index in [0.29, 0.717) is 5.92 Å². The largest absolute Gasteiger partial charge is 0.388 e. The van der Waals surface area contributed by atoms with E-state index in [1.54, 1.807) is 0 Å². The fourth-order valence-electron chi connectivity index (χ4n) is 2.43. The topological polar surface area (TPSA) is 20.2 Å². The second-order valence-corrected chi connectivity index (χ2v) is 4.50. The van der Waals surface area contributed by atoms with Crippen LogP contribution >= 0.6 is 0 Å². The molecule has 0 radical (unpaired) electrons. The lowest BCUT2D eigenvalue weighted by molar-refractivity contribution is 0.113. The van der Waals surface area contributed by atoms with Crippen molar-refractivity contribution in [3.8, 4) is 0 Å². The van der Waals surface area contributed by atoms with Crippen LogP contribution < -0.4 is 0 Å². The van der Waals surface area contributed by atoms with E-state index in [1.165, 1.54) is 32.1 Å². The Labute approximate surface area is 87.5 Å². The molecule has 1 fully saturated rings. The molecule has 0 saturated heterocycles. The van der Waals surface area contributed by atoms with Crippen LogP contribution in [0.15, 0.2) is 24.8 Å². The SMILES string of the molecule is C=C[C@@H](C1CCCCC1)[C@@H](O)C(=C)C. The van der Waals surface area contributed by atoms with E-state index >= 15 is 0 Å². The predicted molar refractivity (Wildman–Crippen MR) is 61.1 cm³/mol. The van der Waals surface area contributed by atoms with Crippen LogP contribution in [0.25, 0.3) is 0 Å². The van der Waals surface area contributed by atoms with Crippen LogP contribution in [0.2, 0.25) is 0 Å². The molecule has 0 heterocycles. The summed E-state index contributed by atoms with van der Waals surface area (Å²) >= 11 is 0. The molecule has 0 amide bonds. The molecule has 0 aromatic rings. The third kappa shape index (κ3) is 2.71. The number of aliphatic hydroxyl groups is 1. The standard InChI is InChI=1S/C13H22O/c1-4-12(13(14)10(2)3)11-8-6-5-7-9-11/h4,11-14H,1-2,5-9H2,3H3/t12-,13-/m0/s1. The van der Waals surface area contributed by atoms with Crippen molar-refractivity contribution in [2.24, 2.45) is 11.8 Å².